The average molecular weight is 202 g/mol. The maximum Gasteiger partial charge on any atom is 0.0195 e. The van der Waals surface area contributed by atoms with Crippen LogP contribution in [0.25, 0.3) is 0 Å². The Morgan fingerprint density at radius 3 is 2.92 bits per heavy atom. The summed E-state index contributed by atoms with van der Waals surface area (Å²) in [6, 6.07) is 0.706. The van der Waals surface area contributed by atoms with E-state index in [9.17, 15) is 0 Å². The Morgan fingerprint density at radius 1 is 1.62 bits per heavy atom. The number of nitrogens with zero attached hydrogens (tertiary/aromatic N) is 1. The van der Waals surface area contributed by atoms with Crippen LogP contribution in [-0.2, 0) is 0 Å². The fourth-order valence-electron chi connectivity index (χ4n) is 2.17. The van der Waals surface area contributed by atoms with Gasteiger partial charge in [0.25, 0.3) is 0 Å². The SMILES string of the molecule is CNC(CSC)C1CCCN(C)C1. The fourth-order valence-corrected chi connectivity index (χ4v) is 2.97. The molecule has 0 aromatic heterocycles. The first-order valence-electron chi connectivity index (χ1n) is 5.12. The molecule has 0 radical (unpaired) electrons. The average Bonchev–Trinajstić information content (AvgIpc) is 2.14. The summed E-state index contributed by atoms with van der Waals surface area (Å²) in [6.45, 7) is 2.55. The van der Waals surface area contributed by atoms with Gasteiger partial charge in [0, 0.05) is 18.3 Å². The van der Waals surface area contributed by atoms with E-state index < -0.39 is 0 Å². The summed E-state index contributed by atoms with van der Waals surface area (Å²) >= 11 is 1.95. The van der Waals surface area contributed by atoms with E-state index in [0.29, 0.717) is 6.04 Å². The first-order chi connectivity index (χ1) is 6.27. The highest BCUT2D eigenvalue weighted by Crippen LogP contribution is 2.20. The number of nitrogens with one attached hydrogen (secondary N) is 1. The summed E-state index contributed by atoms with van der Waals surface area (Å²) in [5.41, 5.74) is 0. The second kappa shape index (κ2) is 5.89. The molecule has 13 heavy (non-hydrogen) atoms. The van der Waals surface area contributed by atoms with Crippen molar-refractivity contribution in [2.24, 2.45) is 5.92 Å². The van der Waals surface area contributed by atoms with Crippen molar-refractivity contribution in [1.82, 2.24) is 10.2 Å². The van der Waals surface area contributed by atoms with Crippen LogP contribution in [0.15, 0.2) is 0 Å². The molecule has 1 aliphatic heterocycles. The summed E-state index contributed by atoms with van der Waals surface area (Å²) in [5, 5.41) is 3.45. The van der Waals surface area contributed by atoms with E-state index in [1.807, 2.05) is 11.8 Å². The van der Waals surface area contributed by atoms with E-state index in [0.717, 1.165) is 5.92 Å². The van der Waals surface area contributed by atoms with E-state index in [-0.39, 0.29) is 0 Å². The lowest BCUT2D eigenvalue weighted by atomic mass is 9.92. The van der Waals surface area contributed by atoms with Crippen molar-refractivity contribution in [2.45, 2.75) is 18.9 Å². The van der Waals surface area contributed by atoms with Crippen LogP contribution in [0.4, 0.5) is 0 Å². The van der Waals surface area contributed by atoms with Gasteiger partial charge in [0.05, 0.1) is 0 Å². The molecule has 1 heterocycles. The molecule has 1 fully saturated rings. The Balaban J connectivity index is 2.37. The van der Waals surface area contributed by atoms with Crippen LogP contribution in [0.3, 0.4) is 0 Å². The monoisotopic (exact) mass is 202 g/mol. The molecule has 0 aromatic rings. The van der Waals surface area contributed by atoms with Crippen LogP contribution < -0.4 is 5.32 Å². The fraction of sp³-hybridized carbons (Fsp3) is 1.00. The molecule has 2 atom stereocenters. The van der Waals surface area contributed by atoms with Crippen LogP contribution in [0.1, 0.15) is 12.8 Å². The zero-order chi connectivity index (χ0) is 9.68. The van der Waals surface area contributed by atoms with Gasteiger partial charge in [0.1, 0.15) is 0 Å². The minimum Gasteiger partial charge on any atom is -0.316 e. The second-order valence-corrected chi connectivity index (χ2v) is 4.93. The lowest BCUT2D eigenvalue weighted by Crippen LogP contribution is -2.44. The smallest absolute Gasteiger partial charge is 0.0195 e. The van der Waals surface area contributed by atoms with Gasteiger partial charge >= 0.3 is 0 Å². The van der Waals surface area contributed by atoms with E-state index in [1.54, 1.807) is 0 Å². The quantitative estimate of drug-likeness (QED) is 0.739. The molecular formula is C10H22N2S. The van der Waals surface area contributed by atoms with Crippen molar-refractivity contribution in [3.05, 3.63) is 0 Å². The highest BCUT2D eigenvalue weighted by Gasteiger charge is 2.23. The summed E-state index contributed by atoms with van der Waals surface area (Å²) in [7, 11) is 4.33. The van der Waals surface area contributed by atoms with Gasteiger partial charge in [-0.15, -0.1) is 0 Å². The minimum absolute atomic E-state index is 0.706. The molecule has 1 saturated heterocycles. The van der Waals surface area contributed by atoms with Crippen LogP contribution in [0, 0.1) is 5.92 Å². The minimum atomic E-state index is 0.706. The normalized spacial score (nSPS) is 27.5. The highest BCUT2D eigenvalue weighted by atomic mass is 32.2. The number of likely N-dealkylation sites (tertiary alicyclic amines) is 1. The molecule has 1 aliphatic rings. The predicted octanol–water partition coefficient (Wildman–Crippen LogP) is 1.28. The van der Waals surface area contributed by atoms with Gasteiger partial charge in [0.2, 0.25) is 0 Å². The number of rotatable bonds is 4. The summed E-state index contributed by atoms with van der Waals surface area (Å²) in [6.07, 6.45) is 4.96. The standard InChI is InChI=1S/C10H22N2S/c1-11-10(8-13-3)9-5-4-6-12(2)7-9/h9-11H,4-8H2,1-3H3. The molecule has 1 N–H and O–H groups in total. The van der Waals surface area contributed by atoms with Crippen molar-refractivity contribution >= 4 is 11.8 Å². The van der Waals surface area contributed by atoms with Crippen molar-refractivity contribution < 1.29 is 0 Å². The molecule has 0 saturated carbocycles. The number of piperidine rings is 1. The molecule has 0 bridgehead atoms. The van der Waals surface area contributed by atoms with E-state index in [1.165, 1.54) is 31.7 Å². The Hall–Kier alpha value is 0.270. The molecule has 1 rings (SSSR count). The lowest BCUT2D eigenvalue weighted by Gasteiger charge is -2.34. The molecule has 3 heteroatoms. The van der Waals surface area contributed by atoms with Gasteiger partial charge < -0.3 is 10.2 Å². The summed E-state index contributed by atoms with van der Waals surface area (Å²) in [5.74, 6) is 2.10. The molecule has 2 nitrogen and oxygen atoms in total. The maximum atomic E-state index is 3.45. The largest absolute Gasteiger partial charge is 0.316 e. The summed E-state index contributed by atoms with van der Waals surface area (Å²) < 4.78 is 0. The van der Waals surface area contributed by atoms with Gasteiger partial charge in [-0.25, -0.2) is 0 Å². The van der Waals surface area contributed by atoms with Gasteiger partial charge in [-0.2, -0.15) is 11.8 Å². The van der Waals surface area contributed by atoms with Gasteiger partial charge in [0.15, 0.2) is 0 Å². The summed E-state index contributed by atoms with van der Waals surface area (Å²) in [4.78, 5) is 2.46. The third kappa shape index (κ3) is 3.49. The van der Waals surface area contributed by atoms with Crippen molar-refractivity contribution in [2.75, 3.05) is 39.2 Å². The predicted molar refractivity (Wildman–Crippen MR) is 61.5 cm³/mol. The second-order valence-electron chi connectivity index (χ2n) is 4.02. The zero-order valence-electron chi connectivity index (χ0n) is 9.05. The van der Waals surface area contributed by atoms with Crippen LogP contribution in [0.2, 0.25) is 0 Å². The number of thioether (sulfide) groups is 1. The zero-order valence-corrected chi connectivity index (χ0v) is 9.86. The maximum absolute atomic E-state index is 3.45. The molecule has 2 unspecified atom stereocenters. The van der Waals surface area contributed by atoms with Gasteiger partial charge in [-0.05, 0) is 45.7 Å². The molecule has 0 aromatic carbocycles. The van der Waals surface area contributed by atoms with Crippen LogP contribution in [-0.4, -0.2) is 50.1 Å². The molecule has 0 aliphatic carbocycles. The Morgan fingerprint density at radius 2 is 2.38 bits per heavy atom. The topological polar surface area (TPSA) is 15.3 Å². The molecule has 78 valence electrons. The van der Waals surface area contributed by atoms with E-state index in [2.05, 4.69) is 30.6 Å². The molecular weight excluding hydrogens is 180 g/mol. The Labute approximate surface area is 86.5 Å². The van der Waals surface area contributed by atoms with E-state index in [4.69, 9.17) is 0 Å². The number of hydrogen-bond donors (Lipinski definition) is 1. The van der Waals surface area contributed by atoms with Crippen LogP contribution in [0.5, 0.6) is 0 Å². The first-order valence-corrected chi connectivity index (χ1v) is 6.52. The first kappa shape index (κ1) is 11.3. The Bertz CT molecular complexity index is 141. The van der Waals surface area contributed by atoms with E-state index >= 15 is 0 Å². The molecule has 0 amide bonds. The van der Waals surface area contributed by atoms with Crippen LogP contribution >= 0.6 is 11.8 Å². The third-order valence-corrected chi connectivity index (χ3v) is 3.64. The molecule has 0 spiro atoms. The Kier molecular flexibility index (Phi) is 5.14. The number of hydrogen-bond acceptors (Lipinski definition) is 3. The third-order valence-electron chi connectivity index (χ3n) is 2.95. The highest BCUT2D eigenvalue weighted by molar-refractivity contribution is 7.98. The lowest BCUT2D eigenvalue weighted by molar-refractivity contribution is 0.184. The van der Waals surface area contributed by atoms with Crippen molar-refractivity contribution in [3.8, 4) is 0 Å². The van der Waals surface area contributed by atoms with Gasteiger partial charge in [-0.3, -0.25) is 0 Å². The van der Waals surface area contributed by atoms with Crippen molar-refractivity contribution in [3.63, 3.8) is 0 Å². The van der Waals surface area contributed by atoms with Gasteiger partial charge in [-0.1, -0.05) is 0 Å². The van der Waals surface area contributed by atoms with Crippen molar-refractivity contribution in [1.29, 1.82) is 0 Å².